The van der Waals surface area contributed by atoms with Gasteiger partial charge in [0.2, 0.25) is 0 Å². The minimum Gasteiger partial charge on any atom is -0.483 e. The average Bonchev–Trinajstić information content (AvgIpc) is 2.41. The van der Waals surface area contributed by atoms with Crippen LogP contribution in [0.5, 0.6) is 5.75 Å². The zero-order chi connectivity index (χ0) is 15.0. The lowest BCUT2D eigenvalue weighted by Crippen LogP contribution is -2.29. The number of ether oxygens (including phenoxy) is 1. The van der Waals surface area contributed by atoms with Crippen molar-refractivity contribution in [3.05, 3.63) is 41.4 Å². The molecular formula is C15H21ClN2O2. The van der Waals surface area contributed by atoms with Gasteiger partial charge in [-0.3, -0.25) is 4.79 Å². The summed E-state index contributed by atoms with van der Waals surface area (Å²) in [5.41, 5.74) is 0.861. The molecule has 1 rings (SSSR count). The van der Waals surface area contributed by atoms with E-state index in [0.717, 1.165) is 5.56 Å². The van der Waals surface area contributed by atoms with E-state index in [-0.39, 0.29) is 12.5 Å². The molecule has 0 saturated carbocycles. The zero-order valence-electron chi connectivity index (χ0n) is 11.9. The number of nitrogens with one attached hydrogen (secondary N) is 2. The highest BCUT2D eigenvalue weighted by Crippen LogP contribution is 2.26. The van der Waals surface area contributed by atoms with E-state index in [4.69, 9.17) is 16.3 Å². The van der Waals surface area contributed by atoms with Crippen molar-refractivity contribution in [2.45, 2.75) is 26.4 Å². The average molecular weight is 297 g/mol. The third-order valence-electron chi connectivity index (χ3n) is 2.57. The number of carbonyl (C=O) groups excluding carboxylic acids is 1. The standard InChI is InChI=1S/C15H21ClN2O2/c1-4-8-17-15(19)10-20-14-7-5-6-13(16)12(14)9-18-11(2)3/h4-7,11,18H,1,8-10H2,2-3H3,(H,17,19). The van der Waals surface area contributed by atoms with Gasteiger partial charge in [0.1, 0.15) is 5.75 Å². The van der Waals surface area contributed by atoms with Gasteiger partial charge in [0.15, 0.2) is 6.61 Å². The Morgan fingerprint density at radius 2 is 2.25 bits per heavy atom. The summed E-state index contributed by atoms with van der Waals surface area (Å²) in [7, 11) is 0. The number of hydrogen-bond acceptors (Lipinski definition) is 3. The Labute approximate surface area is 125 Å². The van der Waals surface area contributed by atoms with Crippen LogP contribution in [0.1, 0.15) is 19.4 Å². The molecule has 0 fully saturated rings. The van der Waals surface area contributed by atoms with Crippen molar-refractivity contribution in [2.24, 2.45) is 0 Å². The lowest BCUT2D eigenvalue weighted by Gasteiger charge is -2.15. The molecular weight excluding hydrogens is 276 g/mol. The Bertz CT molecular complexity index is 461. The van der Waals surface area contributed by atoms with Gasteiger partial charge in [0.25, 0.3) is 5.91 Å². The van der Waals surface area contributed by atoms with Crippen molar-refractivity contribution in [3.63, 3.8) is 0 Å². The minimum atomic E-state index is -0.187. The fraction of sp³-hybridized carbons (Fsp3) is 0.400. The molecule has 0 radical (unpaired) electrons. The molecule has 0 aliphatic carbocycles. The van der Waals surface area contributed by atoms with E-state index in [1.807, 2.05) is 12.1 Å². The molecule has 0 aliphatic heterocycles. The summed E-state index contributed by atoms with van der Waals surface area (Å²) >= 11 is 6.18. The Morgan fingerprint density at radius 3 is 2.90 bits per heavy atom. The van der Waals surface area contributed by atoms with E-state index in [0.29, 0.717) is 29.9 Å². The summed E-state index contributed by atoms with van der Waals surface area (Å²) < 4.78 is 5.54. The van der Waals surface area contributed by atoms with Crippen LogP contribution in [0.3, 0.4) is 0 Å². The lowest BCUT2D eigenvalue weighted by atomic mass is 10.2. The van der Waals surface area contributed by atoms with Gasteiger partial charge in [-0.2, -0.15) is 0 Å². The molecule has 0 atom stereocenters. The topological polar surface area (TPSA) is 50.4 Å². The number of carbonyl (C=O) groups is 1. The number of rotatable bonds is 8. The van der Waals surface area contributed by atoms with Crippen molar-refractivity contribution < 1.29 is 9.53 Å². The van der Waals surface area contributed by atoms with Crippen LogP contribution >= 0.6 is 11.6 Å². The predicted octanol–water partition coefficient (Wildman–Crippen LogP) is 2.52. The third-order valence-corrected chi connectivity index (χ3v) is 2.92. The highest BCUT2D eigenvalue weighted by Gasteiger charge is 2.10. The molecule has 110 valence electrons. The molecule has 0 heterocycles. The maximum absolute atomic E-state index is 11.5. The molecule has 1 aromatic rings. The van der Waals surface area contributed by atoms with E-state index < -0.39 is 0 Å². The summed E-state index contributed by atoms with van der Waals surface area (Å²) in [5, 5.41) is 6.57. The third kappa shape index (κ3) is 5.63. The van der Waals surface area contributed by atoms with E-state index >= 15 is 0 Å². The first-order valence-electron chi connectivity index (χ1n) is 6.55. The van der Waals surface area contributed by atoms with Crippen molar-refractivity contribution in [3.8, 4) is 5.75 Å². The van der Waals surface area contributed by atoms with Gasteiger partial charge in [-0.15, -0.1) is 6.58 Å². The molecule has 1 aromatic carbocycles. The quantitative estimate of drug-likeness (QED) is 0.725. The van der Waals surface area contributed by atoms with Crippen molar-refractivity contribution in [1.29, 1.82) is 0 Å². The van der Waals surface area contributed by atoms with Crippen LogP contribution in [0.15, 0.2) is 30.9 Å². The Balaban J connectivity index is 2.66. The second kappa shape index (κ2) is 8.61. The van der Waals surface area contributed by atoms with Gasteiger partial charge in [0.05, 0.1) is 0 Å². The highest BCUT2D eigenvalue weighted by atomic mass is 35.5. The summed E-state index contributed by atoms with van der Waals surface area (Å²) in [4.78, 5) is 11.5. The predicted molar refractivity (Wildman–Crippen MR) is 82.1 cm³/mol. The van der Waals surface area contributed by atoms with Gasteiger partial charge in [-0.25, -0.2) is 0 Å². The van der Waals surface area contributed by atoms with Crippen molar-refractivity contribution in [1.82, 2.24) is 10.6 Å². The van der Waals surface area contributed by atoms with Gasteiger partial charge in [0, 0.05) is 29.7 Å². The van der Waals surface area contributed by atoms with E-state index in [1.54, 1.807) is 12.1 Å². The molecule has 1 amide bonds. The number of benzene rings is 1. The molecule has 2 N–H and O–H groups in total. The molecule has 0 bridgehead atoms. The van der Waals surface area contributed by atoms with Gasteiger partial charge in [-0.1, -0.05) is 37.6 Å². The molecule has 4 nitrogen and oxygen atoms in total. The van der Waals surface area contributed by atoms with Crippen molar-refractivity contribution in [2.75, 3.05) is 13.2 Å². The van der Waals surface area contributed by atoms with Gasteiger partial charge >= 0.3 is 0 Å². The number of halogens is 1. The second-order valence-electron chi connectivity index (χ2n) is 4.63. The molecule has 0 aliphatic rings. The normalized spacial score (nSPS) is 10.4. The highest BCUT2D eigenvalue weighted by molar-refractivity contribution is 6.31. The fourth-order valence-electron chi connectivity index (χ4n) is 1.53. The lowest BCUT2D eigenvalue weighted by molar-refractivity contribution is -0.122. The van der Waals surface area contributed by atoms with E-state index in [1.165, 1.54) is 0 Å². The summed E-state index contributed by atoms with van der Waals surface area (Å²) in [5.74, 6) is 0.437. The first-order valence-corrected chi connectivity index (χ1v) is 6.93. The summed E-state index contributed by atoms with van der Waals surface area (Å²) in [6, 6.07) is 5.76. The smallest absolute Gasteiger partial charge is 0.258 e. The maximum atomic E-state index is 11.5. The first-order chi connectivity index (χ1) is 9.54. The van der Waals surface area contributed by atoms with E-state index in [2.05, 4.69) is 31.1 Å². The Morgan fingerprint density at radius 1 is 1.50 bits per heavy atom. The van der Waals surface area contributed by atoms with E-state index in [9.17, 15) is 4.79 Å². The SMILES string of the molecule is C=CCNC(=O)COc1cccc(Cl)c1CNC(C)C. The van der Waals surface area contributed by atoms with Crippen LogP contribution in [0.2, 0.25) is 5.02 Å². The molecule has 20 heavy (non-hydrogen) atoms. The van der Waals surface area contributed by atoms with Gasteiger partial charge in [-0.05, 0) is 12.1 Å². The van der Waals surface area contributed by atoms with Crippen LogP contribution < -0.4 is 15.4 Å². The van der Waals surface area contributed by atoms with Crippen LogP contribution in [0.4, 0.5) is 0 Å². The molecule has 5 heteroatoms. The summed E-state index contributed by atoms with van der Waals surface area (Å²) in [6.07, 6.45) is 1.62. The van der Waals surface area contributed by atoms with Crippen LogP contribution in [0, 0.1) is 0 Å². The van der Waals surface area contributed by atoms with Crippen LogP contribution in [-0.2, 0) is 11.3 Å². The maximum Gasteiger partial charge on any atom is 0.258 e. The first kappa shape index (κ1) is 16.5. The summed E-state index contributed by atoms with van der Waals surface area (Å²) in [6.45, 7) is 8.64. The Kier molecular flexibility index (Phi) is 7.12. The number of hydrogen-bond donors (Lipinski definition) is 2. The molecule has 0 aromatic heterocycles. The monoisotopic (exact) mass is 296 g/mol. The molecule has 0 spiro atoms. The second-order valence-corrected chi connectivity index (χ2v) is 5.04. The Hall–Kier alpha value is -1.52. The fourth-order valence-corrected chi connectivity index (χ4v) is 1.76. The molecule has 0 saturated heterocycles. The minimum absolute atomic E-state index is 0.0388. The zero-order valence-corrected chi connectivity index (χ0v) is 12.7. The largest absolute Gasteiger partial charge is 0.483 e. The molecule has 0 unspecified atom stereocenters. The van der Waals surface area contributed by atoms with Gasteiger partial charge < -0.3 is 15.4 Å². The van der Waals surface area contributed by atoms with Crippen LogP contribution in [-0.4, -0.2) is 25.1 Å². The van der Waals surface area contributed by atoms with Crippen molar-refractivity contribution >= 4 is 17.5 Å². The van der Waals surface area contributed by atoms with Crippen LogP contribution in [0.25, 0.3) is 0 Å². The number of amides is 1.